The predicted octanol–water partition coefficient (Wildman–Crippen LogP) is 5.24. The zero-order valence-electron chi connectivity index (χ0n) is 15.6. The minimum Gasteiger partial charge on any atom is -0.324 e. The van der Waals surface area contributed by atoms with Gasteiger partial charge in [-0.2, -0.15) is 0 Å². The van der Waals surface area contributed by atoms with Crippen molar-refractivity contribution >= 4 is 39.7 Å². The molecular formula is C22H19N3O2S. The van der Waals surface area contributed by atoms with Crippen LogP contribution in [0.2, 0.25) is 0 Å². The van der Waals surface area contributed by atoms with Crippen LogP contribution in [0.15, 0.2) is 60.7 Å². The van der Waals surface area contributed by atoms with Gasteiger partial charge in [-0.3, -0.25) is 9.59 Å². The highest BCUT2D eigenvalue weighted by Crippen LogP contribution is 2.31. The number of aryl methyl sites for hydroxylation is 1. The molecule has 0 radical (unpaired) electrons. The molecule has 0 atom stereocenters. The number of carbonyl (C=O) groups is 2. The molecule has 2 heterocycles. The number of Topliss-reactive ketones (excluding diaryl/α,β-unsaturated/α-hetero) is 1. The van der Waals surface area contributed by atoms with Gasteiger partial charge >= 0.3 is 0 Å². The van der Waals surface area contributed by atoms with E-state index in [1.54, 1.807) is 24.3 Å². The molecule has 1 amide bonds. The first-order valence-corrected chi connectivity index (χ1v) is 9.86. The van der Waals surface area contributed by atoms with E-state index in [1.165, 1.54) is 18.3 Å². The van der Waals surface area contributed by atoms with Crippen molar-refractivity contribution in [3.05, 3.63) is 71.1 Å². The number of para-hydroxylation sites is 2. The van der Waals surface area contributed by atoms with Gasteiger partial charge < -0.3 is 9.88 Å². The lowest BCUT2D eigenvalue weighted by molar-refractivity contribution is 0.101. The highest BCUT2D eigenvalue weighted by atomic mass is 32.1. The summed E-state index contributed by atoms with van der Waals surface area (Å²) in [6, 6.07) is 18.7. The van der Waals surface area contributed by atoms with Crippen LogP contribution in [0.5, 0.6) is 0 Å². The lowest BCUT2D eigenvalue weighted by atomic mass is 10.1. The quantitative estimate of drug-likeness (QED) is 0.475. The van der Waals surface area contributed by atoms with Crippen LogP contribution in [0.1, 0.15) is 33.9 Å². The van der Waals surface area contributed by atoms with Gasteiger partial charge in [0, 0.05) is 17.8 Å². The maximum Gasteiger partial charge on any atom is 0.265 e. The number of nitrogens with one attached hydrogen (secondary N) is 1. The van der Waals surface area contributed by atoms with Gasteiger partial charge in [-0.15, -0.1) is 11.3 Å². The number of amides is 1. The zero-order valence-corrected chi connectivity index (χ0v) is 16.4. The van der Waals surface area contributed by atoms with E-state index in [0.29, 0.717) is 16.1 Å². The number of anilines is 1. The molecule has 140 valence electrons. The van der Waals surface area contributed by atoms with Gasteiger partial charge in [-0.25, -0.2) is 4.98 Å². The first-order chi connectivity index (χ1) is 13.6. The Balaban J connectivity index is 1.59. The number of nitrogens with zero attached hydrogens (tertiary/aromatic N) is 2. The molecule has 2 aromatic heterocycles. The van der Waals surface area contributed by atoms with Crippen LogP contribution in [0.4, 0.5) is 5.69 Å². The number of benzene rings is 2. The Labute approximate surface area is 166 Å². The molecule has 0 aliphatic heterocycles. The molecule has 0 unspecified atom stereocenters. The smallest absolute Gasteiger partial charge is 0.265 e. The number of imidazole rings is 1. The lowest BCUT2D eigenvalue weighted by Crippen LogP contribution is -2.10. The summed E-state index contributed by atoms with van der Waals surface area (Å²) in [5.41, 5.74) is 3.31. The second-order valence-electron chi connectivity index (χ2n) is 6.42. The summed E-state index contributed by atoms with van der Waals surface area (Å²) in [5, 5.41) is 2.88. The Kier molecular flexibility index (Phi) is 4.79. The van der Waals surface area contributed by atoms with E-state index in [1.807, 2.05) is 30.3 Å². The third-order valence-corrected chi connectivity index (χ3v) is 5.65. The van der Waals surface area contributed by atoms with Crippen molar-refractivity contribution in [3.63, 3.8) is 0 Å². The third-order valence-electron chi connectivity index (χ3n) is 4.57. The Hall–Kier alpha value is -3.25. The van der Waals surface area contributed by atoms with E-state index in [9.17, 15) is 9.59 Å². The number of thiophene rings is 1. The third kappa shape index (κ3) is 3.34. The summed E-state index contributed by atoms with van der Waals surface area (Å²) in [6.07, 6.45) is 0. The Morgan fingerprint density at radius 1 is 1.04 bits per heavy atom. The normalized spacial score (nSPS) is 10.9. The topological polar surface area (TPSA) is 64.0 Å². The van der Waals surface area contributed by atoms with Crippen molar-refractivity contribution in [1.29, 1.82) is 0 Å². The van der Waals surface area contributed by atoms with Crippen LogP contribution >= 0.6 is 11.3 Å². The minimum atomic E-state index is -0.175. The van der Waals surface area contributed by atoms with Crippen LogP contribution in [0.25, 0.3) is 21.7 Å². The number of ketones is 1. The fraction of sp³-hybridized carbons (Fsp3) is 0.136. The summed E-state index contributed by atoms with van der Waals surface area (Å²) in [7, 11) is 0. The second-order valence-corrected chi connectivity index (χ2v) is 7.50. The summed E-state index contributed by atoms with van der Waals surface area (Å²) in [5.74, 6) is 0.698. The van der Waals surface area contributed by atoms with E-state index in [4.69, 9.17) is 4.98 Å². The molecule has 6 heteroatoms. The summed E-state index contributed by atoms with van der Waals surface area (Å²) >= 11 is 1.42. The van der Waals surface area contributed by atoms with Gasteiger partial charge in [-0.05, 0) is 62.4 Å². The van der Waals surface area contributed by atoms with Gasteiger partial charge in [-0.1, -0.05) is 12.1 Å². The van der Waals surface area contributed by atoms with E-state index >= 15 is 0 Å². The molecule has 0 spiro atoms. The minimum absolute atomic E-state index is 0.000381. The lowest BCUT2D eigenvalue weighted by Gasteiger charge is -2.05. The van der Waals surface area contributed by atoms with Gasteiger partial charge in [0.2, 0.25) is 0 Å². The number of aromatic nitrogens is 2. The van der Waals surface area contributed by atoms with Gasteiger partial charge in [0.05, 0.1) is 20.8 Å². The predicted molar refractivity (Wildman–Crippen MR) is 113 cm³/mol. The molecule has 28 heavy (non-hydrogen) atoms. The van der Waals surface area contributed by atoms with Crippen LogP contribution < -0.4 is 5.32 Å². The summed E-state index contributed by atoms with van der Waals surface area (Å²) < 4.78 is 2.16. The molecule has 0 aliphatic rings. The molecule has 0 fully saturated rings. The van der Waals surface area contributed by atoms with Crippen molar-refractivity contribution in [2.24, 2.45) is 0 Å². The Bertz CT molecular complexity index is 1170. The highest BCUT2D eigenvalue weighted by Gasteiger charge is 2.16. The first-order valence-electron chi connectivity index (χ1n) is 9.04. The number of carbonyl (C=O) groups excluding carboxylic acids is 2. The maximum absolute atomic E-state index is 12.6. The number of hydrogen-bond donors (Lipinski definition) is 1. The highest BCUT2D eigenvalue weighted by molar-refractivity contribution is 7.17. The second kappa shape index (κ2) is 7.40. The van der Waals surface area contributed by atoms with Crippen LogP contribution in [-0.4, -0.2) is 21.2 Å². The van der Waals surface area contributed by atoms with Crippen molar-refractivity contribution in [2.45, 2.75) is 20.4 Å². The molecule has 0 saturated carbocycles. The molecule has 0 bridgehead atoms. The molecule has 5 nitrogen and oxygen atoms in total. The zero-order chi connectivity index (χ0) is 19.7. The molecule has 1 N–H and O–H groups in total. The molecule has 4 aromatic rings. The molecular weight excluding hydrogens is 370 g/mol. The van der Waals surface area contributed by atoms with Crippen molar-refractivity contribution in [1.82, 2.24) is 9.55 Å². The largest absolute Gasteiger partial charge is 0.324 e. The van der Waals surface area contributed by atoms with E-state index in [-0.39, 0.29) is 11.7 Å². The monoisotopic (exact) mass is 389 g/mol. The average Bonchev–Trinajstić information content (AvgIpc) is 3.33. The number of fused-ring (bicyclic) bond motifs is 1. The number of hydrogen-bond acceptors (Lipinski definition) is 4. The van der Waals surface area contributed by atoms with Gasteiger partial charge in [0.1, 0.15) is 0 Å². The standard InChI is InChI=1S/C22H19N3O2S/c1-3-25-18-7-5-4-6-17(18)24-21(25)19-12-13-20(28-19)22(27)23-16-10-8-15(9-11-16)14(2)26/h4-13H,3H2,1-2H3,(H,23,27). The molecule has 0 saturated heterocycles. The molecule has 2 aromatic carbocycles. The van der Waals surface area contributed by atoms with Crippen molar-refractivity contribution < 1.29 is 9.59 Å². The van der Waals surface area contributed by atoms with Crippen molar-refractivity contribution in [3.8, 4) is 10.7 Å². The van der Waals surface area contributed by atoms with Gasteiger partial charge in [0.25, 0.3) is 5.91 Å². The van der Waals surface area contributed by atoms with E-state index < -0.39 is 0 Å². The number of rotatable bonds is 5. The van der Waals surface area contributed by atoms with E-state index in [0.717, 1.165) is 28.3 Å². The van der Waals surface area contributed by atoms with Crippen LogP contribution in [0, 0.1) is 0 Å². The SMILES string of the molecule is CCn1c(-c2ccc(C(=O)Nc3ccc(C(C)=O)cc3)s2)nc2ccccc21. The molecule has 0 aliphatic carbocycles. The van der Waals surface area contributed by atoms with Crippen LogP contribution in [0.3, 0.4) is 0 Å². The van der Waals surface area contributed by atoms with Crippen molar-refractivity contribution in [2.75, 3.05) is 5.32 Å². The van der Waals surface area contributed by atoms with E-state index in [2.05, 4.69) is 22.9 Å². The fourth-order valence-corrected chi connectivity index (χ4v) is 4.04. The Morgan fingerprint density at radius 2 is 1.79 bits per heavy atom. The van der Waals surface area contributed by atoms with Crippen LogP contribution in [-0.2, 0) is 6.54 Å². The first kappa shape index (κ1) is 18.1. The Morgan fingerprint density at radius 3 is 2.50 bits per heavy atom. The summed E-state index contributed by atoms with van der Waals surface area (Å²) in [4.78, 5) is 30.3. The fourth-order valence-electron chi connectivity index (χ4n) is 3.14. The van der Waals surface area contributed by atoms with Gasteiger partial charge in [0.15, 0.2) is 11.6 Å². The average molecular weight is 389 g/mol. The molecule has 4 rings (SSSR count). The maximum atomic E-state index is 12.6. The summed E-state index contributed by atoms with van der Waals surface area (Å²) in [6.45, 7) is 4.41.